The van der Waals surface area contributed by atoms with Crippen LogP contribution in [0.2, 0.25) is 0 Å². The molecule has 0 spiro atoms. The summed E-state index contributed by atoms with van der Waals surface area (Å²) < 4.78 is 2.90. The molecule has 0 saturated carbocycles. The van der Waals surface area contributed by atoms with E-state index in [9.17, 15) is 4.91 Å². The summed E-state index contributed by atoms with van der Waals surface area (Å²) in [5.74, 6) is 0. The standard InChI is InChI=1S/C12H25N3OS/c1-5-14(4)11-6-8-15(9-7-11)10-12(2,3)17-13-16/h11H,5-10H2,1-4H3. The third kappa shape index (κ3) is 4.94. The Morgan fingerprint density at radius 3 is 2.47 bits per heavy atom. The minimum atomic E-state index is -0.0642. The van der Waals surface area contributed by atoms with E-state index >= 15 is 0 Å². The van der Waals surface area contributed by atoms with E-state index in [4.69, 9.17) is 0 Å². The van der Waals surface area contributed by atoms with Gasteiger partial charge in [0.15, 0.2) is 0 Å². The second-order valence-corrected chi connectivity index (χ2v) is 6.94. The smallest absolute Gasteiger partial charge is 0.0482 e. The first kappa shape index (κ1) is 14.9. The highest BCUT2D eigenvalue weighted by molar-refractivity contribution is 7.99. The number of nitrogens with zero attached hydrogens (tertiary/aromatic N) is 3. The third-order valence-corrected chi connectivity index (χ3v) is 4.27. The summed E-state index contributed by atoms with van der Waals surface area (Å²) >= 11 is 1.16. The molecule has 1 saturated heterocycles. The molecule has 0 radical (unpaired) electrons. The van der Waals surface area contributed by atoms with Gasteiger partial charge in [-0.2, -0.15) is 0 Å². The van der Waals surface area contributed by atoms with Gasteiger partial charge in [-0.3, -0.25) is 0 Å². The molecule has 0 aliphatic carbocycles. The highest BCUT2D eigenvalue weighted by atomic mass is 32.2. The monoisotopic (exact) mass is 259 g/mol. The Balaban J connectivity index is 2.34. The van der Waals surface area contributed by atoms with E-state index in [0.29, 0.717) is 0 Å². The molecule has 1 aliphatic heterocycles. The van der Waals surface area contributed by atoms with Gasteiger partial charge in [-0.25, -0.2) is 0 Å². The lowest BCUT2D eigenvalue weighted by Gasteiger charge is -2.38. The van der Waals surface area contributed by atoms with Crippen molar-refractivity contribution < 1.29 is 0 Å². The quantitative estimate of drug-likeness (QED) is 0.542. The molecule has 1 aliphatic rings. The van der Waals surface area contributed by atoms with E-state index in [0.717, 1.165) is 44.2 Å². The van der Waals surface area contributed by atoms with E-state index in [2.05, 4.69) is 42.2 Å². The zero-order chi connectivity index (χ0) is 12.9. The average Bonchev–Trinajstić information content (AvgIpc) is 2.28. The average molecular weight is 259 g/mol. The van der Waals surface area contributed by atoms with Gasteiger partial charge in [0.05, 0.1) is 0 Å². The summed E-state index contributed by atoms with van der Waals surface area (Å²) in [5, 5.41) is 0. The fraction of sp³-hybridized carbons (Fsp3) is 1.00. The van der Waals surface area contributed by atoms with E-state index < -0.39 is 0 Å². The van der Waals surface area contributed by atoms with Gasteiger partial charge < -0.3 is 9.80 Å². The summed E-state index contributed by atoms with van der Waals surface area (Å²) in [6.07, 6.45) is 2.47. The first-order valence-corrected chi connectivity index (χ1v) is 7.19. The van der Waals surface area contributed by atoms with Crippen LogP contribution in [0.5, 0.6) is 0 Å². The van der Waals surface area contributed by atoms with Gasteiger partial charge in [0.25, 0.3) is 0 Å². The summed E-state index contributed by atoms with van der Waals surface area (Å²) in [6.45, 7) is 10.7. The van der Waals surface area contributed by atoms with Gasteiger partial charge in [0.1, 0.15) is 0 Å². The SMILES string of the molecule is CCN(C)C1CCN(CC(C)(C)SN=O)CC1. The molecular weight excluding hydrogens is 234 g/mol. The Kier molecular flexibility index (Phi) is 5.89. The maximum absolute atomic E-state index is 10.3. The first-order chi connectivity index (χ1) is 7.98. The minimum Gasteiger partial charge on any atom is -0.304 e. The van der Waals surface area contributed by atoms with Crippen molar-refractivity contribution in [3.05, 3.63) is 4.91 Å². The van der Waals surface area contributed by atoms with Crippen LogP contribution in [0.1, 0.15) is 33.6 Å². The predicted octanol–water partition coefficient (Wildman–Crippen LogP) is 2.60. The fourth-order valence-electron chi connectivity index (χ4n) is 2.44. The second kappa shape index (κ2) is 6.71. The topological polar surface area (TPSA) is 35.9 Å². The number of rotatable bonds is 6. The summed E-state index contributed by atoms with van der Waals surface area (Å²) in [6, 6.07) is 0.733. The lowest BCUT2D eigenvalue weighted by Crippen LogP contribution is -2.46. The molecule has 0 atom stereocenters. The van der Waals surface area contributed by atoms with Crippen LogP contribution in [0.15, 0.2) is 4.58 Å². The van der Waals surface area contributed by atoms with Crippen LogP contribution >= 0.6 is 11.9 Å². The van der Waals surface area contributed by atoms with Crippen molar-refractivity contribution in [2.24, 2.45) is 4.58 Å². The van der Waals surface area contributed by atoms with Gasteiger partial charge in [-0.05, 0) is 53.4 Å². The predicted molar refractivity (Wildman–Crippen MR) is 75.2 cm³/mol. The van der Waals surface area contributed by atoms with Crippen molar-refractivity contribution in [3.8, 4) is 0 Å². The summed E-state index contributed by atoms with van der Waals surface area (Å²) in [7, 11) is 2.20. The molecule has 1 rings (SSSR count). The highest BCUT2D eigenvalue weighted by Crippen LogP contribution is 2.27. The van der Waals surface area contributed by atoms with E-state index in [1.165, 1.54) is 12.8 Å². The van der Waals surface area contributed by atoms with Gasteiger partial charge in [0, 0.05) is 33.9 Å². The van der Waals surface area contributed by atoms with Crippen LogP contribution in [0.25, 0.3) is 0 Å². The van der Waals surface area contributed by atoms with Gasteiger partial charge in [-0.15, -0.1) is 4.91 Å². The Labute approximate surface area is 109 Å². The molecule has 100 valence electrons. The highest BCUT2D eigenvalue weighted by Gasteiger charge is 2.27. The third-order valence-electron chi connectivity index (χ3n) is 3.57. The maximum Gasteiger partial charge on any atom is 0.0482 e. The largest absolute Gasteiger partial charge is 0.304 e. The van der Waals surface area contributed by atoms with Crippen LogP contribution in [-0.2, 0) is 0 Å². The Hall–Kier alpha value is -0.130. The van der Waals surface area contributed by atoms with Crippen molar-refractivity contribution in [1.82, 2.24) is 9.80 Å². The molecule has 0 aromatic heterocycles. The Morgan fingerprint density at radius 2 is 2.00 bits per heavy atom. The van der Waals surface area contributed by atoms with E-state index in [1.54, 1.807) is 0 Å². The van der Waals surface area contributed by atoms with Crippen molar-refractivity contribution in [2.45, 2.75) is 44.4 Å². The van der Waals surface area contributed by atoms with Crippen molar-refractivity contribution in [1.29, 1.82) is 0 Å². The molecule has 5 heteroatoms. The normalized spacial score (nSPS) is 19.8. The molecule has 0 unspecified atom stereocenters. The molecule has 0 bridgehead atoms. The zero-order valence-corrected chi connectivity index (χ0v) is 12.3. The van der Waals surface area contributed by atoms with Crippen LogP contribution < -0.4 is 0 Å². The molecule has 0 aromatic carbocycles. The van der Waals surface area contributed by atoms with Gasteiger partial charge in [0.2, 0.25) is 0 Å². The molecule has 4 nitrogen and oxygen atoms in total. The van der Waals surface area contributed by atoms with Crippen LogP contribution in [0, 0.1) is 4.91 Å². The molecule has 1 heterocycles. The molecule has 17 heavy (non-hydrogen) atoms. The van der Waals surface area contributed by atoms with E-state index in [1.807, 2.05) is 0 Å². The van der Waals surface area contributed by atoms with E-state index in [-0.39, 0.29) is 4.75 Å². The van der Waals surface area contributed by atoms with Crippen molar-refractivity contribution in [3.63, 3.8) is 0 Å². The molecule has 1 fully saturated rings. The molecule has 0 aromatic rings. The van der Waals surface area contributed by atoms with Crippen LogP contribution in [0.4, 0.5) is 0 Å². The Morgan fingerprint density at radius 1 is 1.41 bits per heavy atom. The number of nitroso groups, excluding NO2 is 1. The number of hydrogen-bond donors (Lipinski definition) is 0. The van der Waals surface area contributed by atoms with Gasteiger partial charge in [-0.1, -0.05) is 6.92 Å². The van der Waals surface area contributed by atoms with Crippen LogP contribution in [0.3, 0.4) is 0 Å². The summed E-state index contributed by atoms with van der Waals surface area (Å²) in [4.78, 5) is 15.2. The van der Waals surface area contributed by atoms with Crippen molar-refractivity contribution in [2.75, 3.05) is 33.2 Å². The minimum absolute atomic E-state index is 0.0642. The first-order valence-electron chi connectivity index (χ1n) is 6.42. The number of piperidine rings is 1. The number of likely N-dealkylation sites (tertiary alicyclic amines) is 1. The Bertz CT molecular complexity index is 240. The lowest BCUT2D eigenvalue weighted by atomic mass is 10.0. The lowest BCUT2D eigenvalue weighted by molar-refractivity contribution is 0.127. The second-order valence-electron chi connectivity index (χ2n) is 5.51. The fourth-order valence-corrected chi connectivity index (χ4v) is 2.89. The molecule has 0 amide bonds. The molecule has 0 N–H and O–H groups in total. The van der Waals surface area contributed by atoms with Gasteiger partial charge >= 0.3 is 0 Å². The van der Waals surface area contributed by atoms with Crippen molar-refractivity contribution >= 4 is 11.9 Å². The summed E-state index contributed by atoms with van der Waals surface area (Å²) in [5.41, 5.74) is 0. The van der Waals surface area contributed by atoms with Crippen LogP contribution in [-0.4, -0.2) is 53.8 Å². The maximum atomic E-state index is 10.3. The molecular formula is C12H25N3OS. The zero-order valence-electron chi connectivity index (χ0n) is 11.5. The number of hydrogen-bond acceptors (Lipinski definition) is 5.